The highest BCUT2D eigenvalue weighted by molar-refractivity contribution is 5.85. The van der Waals surface area contributed by atoms with Crippen molar-refractivity contribution in [2.75, 3.05) is 46.9 Å². The fourth-order valence-corrected chi connectivity index (χ4v) is 2.58. The first kappa shape index (κ1) is 22.2. The molecular formula is C13H29Cl2N3O2. The molecule has 0 aromatic carbocycles. The fraction of sp³-hybridized carbons (Fsp3) is 0.923. The number of nitrogens with two attached hydrogens (primary N) is 1. The summed E-state index contributed by atoms with van der Waals surface area (Å²) in [5, 5.41) is 0. The Balaban J connectivity index is 0. The smallest absolute Gasteiger partial charge is 0.241 e. The van der Waals surface area contributed by atoms with Crippen LogP contribution in [-0.2, 0) is 9.53 Å². The Labute approximate surface area is 135 Å². The van der Waals surface area contributed by atoms with Crippen molar-refractivity contribution in [3.05, 3.63) is 0 Å². The molecule has 0 radical (unpaired) electrons. The van der Waals surface area contributed by atoms with Crippen molar-refractivity contribution in [1.82, 2.24) is 9.80 Å². The van der Waals surface area contributed by atoms with E-state index in [9.17, 15) is 4.79 Å². The van der Waals surface area contributed by atoms with E-state index in [1.807, 2.05) is 4.90 Å². The zero-order valence-electron chi connectivity index (χ0n) is 12.7. The van der Waals surface area contributed by atoms with Crippen molar-refractivity contribution >= 4 is 30.7 Å². The lowest BCUT2D eigenvalue weighted by molar-refractivity contribution is -0.132. The number of likely N-dealkylation sites (tertiary alicyclic amines) is 1. The van der Waals surface area contributed by atoms with E-state index in [1.54, 1.807) is 7.11 Å². The van der Waals surface area contributed by atoms with Crippen LogP contribution in [0.5, 0.6) is 0 Å². The average Bonchev–Trinajstić information content (AvgIpc) is 2.77. The molecule has 0 bridgehead atoms. The number of ether oxygens (including phenoxy) is 1. The van der Waals surface area contributed by atoms with Crippen LogP contribution in [0.25, 0.3) is 0 Å². The van der Waals surface area contributed by atoms with E-state index in [0.29, 0.717) is 12.5 Å². The minimum absolute atomic E-state index is 0. The second kappa shape index (κ2) is 11.6. The molecule has 1 amide bonds. The second-order valence-corrected chi connectivity index (χ2v) is 5.26. The van der Waals surface area contributed by atoms with Gasteiger partial charge in [0.2, 0.25) is 5.91 Å². The number of methoxy groups -OCH3 is 1. The van der Waals surface area contributed by atoms with Gasteiger partial charge in [-0.25, -0.2) is 0 Å². The molecule has 5 nitrogen and oxygen atoms in total. The van der Waals surface area contributed by atoms with Gasteiger partial charge in [-0.3, -0.25) is 4.79 Å². The van der Waals surface area contributed by atoms with Crippen LogP contribution in [0.1, 0.15) is 19.8 Å². The summed E-state index contributed by atoms with van der Waals surface area (Å²) in [6.07, 6.45) is 2.25. The lowest BCUT2D eigenvalue weighted by atomic mass is 10.1. The zero-order chi connectivity index (χ0) is 13.5. The van der Waals surface area contributed by atoms with Crippen molar-refractivity contribution in [2.45, 2.75) is 25.8 Å². The van der Waals surface area contributed by atoms with Crippen LogP contribution in [0, 0.1) is 5.92 Å². The summed E-state index contributed by atoms with van der Waals surface area (Å²) in [7, 11) is 3.71. The molecule has 2 atom stereocenters. The number of nitrogens with zero attached hydrogens (tertiary/aromatic N) is 2. The molecule has 1 saturated heterocycles. The lowest BCUT2D eigenvalue weighted by Gasteiger charge is -2.22. The summed E-state index contributed by atoms with van der Waals surface area (Å²) in [5.41, 5.74) is 5.78. The lowest BCUT2D eigenvalue weighted by Crippen LogP contribution is -2.45. The highest BCUT2D eigenvalue weighted by Crippen LogP contribution is 2.17. The van der Waals surface area contributed by atoms with Gasteiger partial charge in [0.1, 0.15) is 6.04 Å². The van der Waals surface area contributed by atoms with Gasteiger partial charge in [0.05, 0.1) is 6.61 Å². The number of carbonyl (C=O) groups excluding carboxylic acids is 1. The Kier molecular flexibility index (Phi) is 12.9. The van der Waals surface area contributed by atoms with Gasteiger partial charge in [0, 0.05) is 26.7 Å². The first-order valence-corrected chi connectivity index (χ1v) is 6.80. The van der Waals surface area contributed by atoms with Crippen molar-refractivity contribution in [1.29, 1.82) is 0 Å². The molecule has 1 aliphatic rings. The van der Waals surface area contributed by atoms with Crippen molar-refractivity contribution in [3.63, 3.8) is 0 Å². The largest absolute Gasteiger partial charge is 0.383 e. The maximum absolute atomic E-state index is 12.0. The number of halogens is 2. The van der Waals surface area contributed by atoms with Crippen LogP contribution in [-0.4, -0.2) is 68.7 Å². The van der Waals surface area contributed by atoms with Crippen LogP contribution >= 0.6 is 24.8 Å². The van der Waals surface area contributed by atoms with Gasteiger partial charge in [-0.15, -0.1) is 24.8 Å². The van der Waals surface area contributed by atoms with Crippen LogP contribution in [0.3, 0.4) is 0 Å². The van der Waals surface area contributed by atoms with E-state index in [-0.39, 0.29) is 30.7 Å². The molecule has 1 heterocycles. The molecule has 0 aromatic rings. The summed E-state index contributed by atoms with van der Waals surface area (Å²) in [6.45, 7) is 6.34. The van der Waals surface area contributed by atoms with Crippen LogP contribution in [0.2, 0.25) is 0 Å². The molecular weight excluding hydrogens is 301 g/mol. The van der Waals surface area contributed by atoms with E-state index >= 15 is 0 Å². The molecule has 0 saturated carbocycles. The monoisotopic (exact) mass is 329 g/mol. The predicted molar refractivity (Wildman–Crippen MR) is 86.8 cm³/mol. The van der Waals surface area contributed by atoms with Crippen LogP contribution < -0.4 is 5.73 Å². The van der Waals surface area contributed by atoms with Crippen molar-refractivity contribution < 1.29 is 9.53 Å². The Morgan fingerprint density at radius 3 is 2.70 bits per heavy atom. The van der Waals surface area contributed by atoms with E-state index in [2.05, 4.69) is 18.9 Å². The molecule has 1 aliphatic heterocycles. The Hall–Kier alpha value is -0.0700. The fourth-order valence-electron chi connectivity index (χ4n) is 2.58. The minimum Gasteiger partial charge on any atom is -0.383 e. The summed E-state index contributed by atoms with van der Waals surface area (Å²) >= 11 is 0. The van der Waals surface area contributed by atoms with Crippen LogP contribution in [0.4, 0.5) is 0 Å². The topological polar surface area (TPSA) is 58.8 Å². The SMILES string of the molecule is CCCN(C)CC1CCN(C(=O)C(N)COC)C1.Cl.Cl. The van der Waals surface area contributed by atoms with Gasteiger partial charge in [0.25, 0.3) is 0 Å². The quantitative estimate of drug-likeness (QED) is 0.756. The summed E-state index contributed by atoms with van der Waals surface area (Å²) in [4.78, 5) is 16.2. The standard InChI is InChI=1S/C13H27N3O2.2ClH/c1-4-6-15(2)8-11-5-7-16(9-11)13(17)12(14)10-18-3;;/h11-12H,4-10,14H2,1-3H3;2*1H. The molecule has 122 valence electrons. The van der Waals surface area contributed by atoms with Crippen molar-refractivity contribution in [3.8, 4) is 0 Å². The van der Waals surface area contributed by atoms with E-state index in [4.69, 9.17) is 10.5 Å². The molecule has 0 aliphatic carbocycles. The second-order valence-electron chi connectivity index (χ2n) is 5.26. The molecule has 2 unspecified atom stereocenters. The van der Waals surface area contributed by atoms with E-state index < -0.39 is 6.04 Å². The molecule has 0 spiro atoms. The molecule has 1 fully saturated rings. The van der Waals surface area contributed by atoms with E-state index in [0.717, 1.165) is 32.6 Å². The maximum atomic E-state index is 12.0. The van der Waals surface area contributed by atoms with Gasteiger partial charge in [-0.2, -0.15) is 0 Å². The van der Waals surface area contributed by atoms with Gasteiger partial charge in [-0.1, -0.05) is 6.92 Å². The van der Waals surface area contributed by atoms with E-state index in [1.165, 1.54) is 6.42 Å². The van der Waals surface area contributed by atoms with Crippen LogP contribution in [0.15, 0.2) is 0 Å². The normalized spacial score (nSPS) is 19.4. The maximum Gasteiger partial charge on any atom is 0.241 e. The van der Waals surface area contributed by atoms with Crippen molar-refractivity contribution in [2.24, 2.45) is 11.7 Å². The van der Waals surface area contributed by atoms with Gasteiger partial charge < -0.3 is 20.3 Å². The Morgan fingerprint density at radius 2 is 2.15 bits per heavy atom. The van der Waals surface area contributed by atoms with Gasteiger partial charge >= 0.3 is 0 Å². The highest BCUT2D eigenvalue weighted by Gasteiger charge is 2.29. The summed E-state index contributed by atoms with van der Waals surface area (Å²) < 4.78 is 4.93. The minimum atomic E-state index is -0.512. The third-order valence-corrected chi connectivity index (χ3v) is 3.44. The molecule has 2 N–H and O–H groups in total. The number of hydrogen-bond acceptors (Lipinski definition) is 4. The average molecular weight is 330 g/mol. The summed E-state index contributed by atoms with van der Waals surface area (Å²) in [5.74, 6) is 0.609. The third-order valence-electron chi connectivity index (χ3n) is 3.44. The Bertz CT molecular complexity index is 270. The van der Waals surface area contributed by atoms with Gasteiger partial charge in [-0.05, 0) is 32.4 Å². The van der Waals surface area contributed by atoms with Gasteiger partial charge in [0.15, 0.2) is 0 Å². The molecule has 0 aromatic heterocycles. The number of hydrogen-bond donors (Lipinski definition) is 1. The first-order chi connectivity index (χ1) is 8.58. The molecule has 7 heteroatoms. The predicted octanol–water partition coefficient (Wildman–Crippen LogP) is 0.994. The zero-order valence-corrected chi connectivity index (χ0v) is 14.3. The first-order valence-electron chi connectivity index (χ1n) is 6.80. The Morgan fingerprint density at radius 1 is 1.50 bits per heavy atom. The number of amides is 1. The molecule has 20 heavy (non-hydrogen) atoms. The molecule has 1 rings (SSSR count). The number of rotatable bonds is 7. The number of carbonyl (C=O) groups is 1. The summed E-state index contributed by atoms with van der Waals surface area (Å²) in [6, 6.07) is -0.512. The highest BCUT2D eigenvalue weighted by atomic mass is 35.5. The third kappa shape index (κ3) is 7.09.